The number of amides is 2. The second-order valence-corrected chi connectivity index (χ2v) is 13.3. The first-order valence-corrected chi connectivity index (χ1v) is 16.8. The fourth-order valence-electron chi connectivity index (χ4n) is 7.90. The van der Waals surface area contributed by atoms with Crippen LogP contribution in [0.15, 0.2) is 66.7 Å². The highest BCUT2D eigenvalue weighted by Crippen LogP contribution is 2.69. The number of hydrogen-bond acceptors (Lipinski definition) is 10. The number of hydrogen-bond donors (Lipinski definition) is 3. The average molecular weight is 689 g/mol. The Hall–Kier alpha value is -4.81. The molecule has 2 heterocycles. The van der Waals surface area contributed by atoms with Crippen LogP contribution in [0.3, 0.4) is 0 Å². The van der Waals surface area contributed by atoms with E-state index in [1.807, 2.05) is 30.3 Å². The summed E-state index contributed by atoms with van der Waals surface area (Å²) in [5.41, 5.74) is -4.33. The van der Waals surface area contributed by atoms with Crippen molar-refractivity contribution < 1.29 is 48.3 Å². The summed E-state index contributed by atoms with van der Waals surface area (Å²) in [5, 5.41) is 27.1. The Bertz CT molecular complexity index is 1760. The van der Waals surface area contributed by atoms with Crippen LogP contribution in [0.5, 0.6) is 23.0 Å². The maximum atomic E-state index is 15.5. The molecule has 266 valence electrons. The molecule has 3 aliphatic rings. The Kier molecular flexibility index (Phi) is 9.21. The molecule has 3 aromatic rings. The van der Waals surface area contributed by atoms with Gasteiger partial charge >= 0.3 is 5.97 Å². The Balaban J connectivity index is 1.65. The standard InChI is InChI=1S/C38H44N2O10/c1-7-36(3,44)35(43)39-29-14-11-19-40(29)33(42)32-30(23-12-9-8-10-13-23)37(45)31-27(48-6)20-26(47-5)21-28(31)50-38(32,34(37)49-22(2)41)24-15-17-25(46-4)18-16-24/h8-10,12-13,15-18,20-21,29-30,32,34,44-45H,7,11,14,19H2,1-6H3,(H,39,43)/t29-,30+,32-,34?,36+,37+,38-/m0/s1. The van der Waals surface area contributed by atoms with Crippen molar-refractivity contribution in [3.8, 4) is 23.0 Å². The topological polar surface area (TPSA) is 153 Å². The minimum Gasteiger partial charge on any atom is -0.497 e. The number of rotatable bonds is 10. The van der Waals surface area contributed by atoms with Crippen LogP contribution < -0.4 is 24.3 Å². The first-order chi connectivity index (χ1) is 23.9. The molecule has 6 rings (SSSR count). The Morgan fingerprint density at radius 1 is 1.00 bits per heavy atom. The predicted molar refractivity (Wildman–Crippen MR) is 181 cm³/mol. The van der Waals surface area contributed by atoms with E-state index in [1.54, 1.807) is 48.2 Å². The van der Waals surface area contributed by atoms with E-state index >= 15 is 4.79 Å². The zero-order valence-corrected chi connectivity index (χ0v) is 29.1. The van der Waals surface area contributed by atoms with Crippen LogP contribution >= 0.6 is 0 Å². The van der Waals surface area contributed by atoms with Gasteiger partial charge in [-0.1, -0.05) is 49.4 Å². The molecule has 2 aliphatic heterocycles. The van der Waals surface area contributed by atoms with Crippen LogP contribution in [0.4, 0.5) is 0 Å². The Labute approximate surface area is 291 Å². The lowest BCUT2D eigenvalue weighted by atomic mass is 9.74. The number of aliphatic hydroxyl groups is 2. The number of likely N-dealkylation sites (tertiary alicyclic amines) is 1. The van der Waals surface area contributed by atoms with Gasteiger partial charge in [0.25, 0.3) is 5.91 Å². The van der Waals surface area contributed by atoms with Crippen molar-refractivity contribution in [2.45, 2.75) is 75.0 Å². The maximum Gasteiger partial charge on any atom is 0.303 e. The van der Waals surface area contributed by atoms with Crippen molar-refractivity contribution in [1.29, 1.82) is 0 Å². The highest BCUT2D eigenvalue weighted by Gasteiger charge is 2.78. The lowest BCUT2D eigenvalue weighted by Gasteiger charge is -2.46. The largest absolute Gasteiger partial charge is 0.497 e. The summed E-state index contributed by atoms with van der Waals surface area (Å²) >= 11 is 0. The summed E-state index contributed by atoms with van der Waals surface area (Å²) in [6.45, 7) is 4.66. The molecule has 2 bridgehead atoms. The Morgan fingerprint density at radius 3 is 2.28 bits per heavy atom. The quantitative estimate of drug-likeness (QED) is 0.269. The SMILES string of the molecule is CC[C@@](C)(O)C(=O)N[C@@H]1CCCN1C(=O)[C@@H]1[C@@H](c2ccccc2)[C@@]2(O)c3c(OC)cc(OC)cc3O[C@]1(c1ccc(OC)cc1)C2OC(C)=O. The zero-order valence-electron chi connectivity index (χ0n) is 29.1. The highest BCUT2D eigenvalue weighted by molar-refractivity contribution is 5.88. The predicted octanol–water partition coefficient (Wildman–Crippen LogP) is 3.76. The summed E-state index contributed by atoms with van der Waals surface area (Å²) in [6.07, 6.45) is -1.03. The van der Waals surface area contributed by atoms with E-state index in [0.29, 0.717) is 35.5 Å². The van der Waals surface area contributed by atoms with E-state index in [1.165, 1.54) is 35.2 Å². The molecule has 3 aromatic carbocycles. The van der Waals surface area contributed by atoms with E-state index in [0.717, 1.165) is 0 Å². The van der Waals surface area contributed by atoms with Gasteiger partial charge in [0.1, 0.15) is 40.4 Å². The van der Waals surface area contributed by atoms with Crippen LogP contribution in [0.2, 0.25) is 0 Å². The second kappa shape index (κ2) is 13.1. The molecule has 12 nitrogen and oxygen atoms in total. The zero-order chi connectivity index (χ0) is 36.0. The van der Waals surface area contributed by atoms with Gasteiger partial charge in [0, 0.05) is 37.1 Å². The number of methoxy groups -OCH3 is 3. The molecule has 50 heavy (non-hydrogen) atoms. The van der Waals surface area contributed by atoms with Gasteiger partial charge in [-0.3, -0.25) is 14.4 Å². The molecular formula is C38H44N2O10. The number of nitrogens with one attached hydrogen (secondary N) is 1. The highest BCUT2D eigenvalue weighted by atomic mass is 16.6. The summed E-state index contributed by atoms with van der Waals surface area (Å²) < 4.78 is 30.1. The summed E-state index contributed by atoms with van der Waals surface area (Å²) in [4.78, 5) is 43.3. The van der Waals surface area contributed by atoms with Crippen LogP contribution in [0.1, 0.15) is 62.6 Å². The minimum absolute atomic E-state index is 0.174. The van der Waals surface area contributed by atoms with Gasteiger partial charge in [-0.05, 0) is 43.9 Å². The third kappa shape index (κ3) is 5.41. The third-order valence-corrected chi connectivity index (χ3v) is 10.5. The average Bonchev–Trinajstić information content (AvgIpc) is 3.63. The van der Waals surface area contributed by atoms with Crippen molar-refractivity contribution in [2.75, 3.05) is 27.9 Å². The van der Waals surface area contributed by atoms with Crippen LogP contribution in [-0.4, -0.2) is 78.6 Å². The number of fused-ring (bicyclic) bond motifs is 4. The summed E-state index contributed by atoms with van der Waals surface area (Å²) in [6, 6.07) is 19.2. The fraction of sp³-hybridized carbons (Fsp3) is 0.447. The van der Waals surface area contributed by atoms with Gasteiger partial charge in [0.05, 0.1) is 32.8 Å². The molecule has 0 radical (unpaired) electrons. The normalized spacial score (nSPS) is 27.7. The van der Waals surface area contributed by atoms with Gasteiger partial charge in [0.15, 0.2) is 11.7 Å². The molecular weight excluding hydrogens is 644 g/mol. The van der Waals surface area contributed by atoms with E-state index in [4.69, 9.17) is 23.7 Å². The van der Waals surface area contributed by atoms with Gasteiger partial charge in [-0.15, -0.1) is 0 Å². The molecule has 2 amide bonds. The number of ether oxygens (including phenoxy) is 5. The van der Waals surface area contributed by atoms with Crippen molar-refractivity contribution in [2.24, 2.45) is 5.92 Å². The van der Waals surface area contributed by atoms with Crippen molar-refractivity contribution >= 4 is 17.8 Å². The molecule has 0 spiro atoms. The van der Waals surface area contributed by atoms with Crippen LogP contribution in [0.25, 0.3) is 0 Å². The smallest absolute Gasteiger partial charge is 0.303 e. The molecule has 1 unspecified atom stereocenters. The number of esters is 1. The van der Waals surface area contributed by atoms with Gasteiger partial charge in [-0.2, -0.15) is 0 Å². The first-order valence-electron chi connectivity index (χ1n) is 16.8. The molecule has 7 atom stereocenters. The maximum absolute atomic E-state index is 15.5. The molecule has 12 heteroatoms. The fourth-order valence-corrected chi connectivity index (χ4v) is 7.90. The number of nitrogens with zero attached hydrogens (tertiary/aromatic N) is 1. The summed E-state index contributed by atoms with van der Waals surface area (Å²) in [7, 11) is 4.47. The third-order valence-electron chi connectivity index (χ3n) is 10.5. The molecule has 0 aromatic heterocycles. The number of benzene rings is 3. The lowest BCUT2D eigenvalue weighted by Crippen LogP contribution is -2.59. The lowest BCUT2D eigenvalue weighted by molar-refractivity contribution is -0.194. The Morgan fingerprint density at radius 2 is 1.68 bits per heavy atom. The molecule has 1 aliphatic carbocycles. The molecule has 1 saturated heterocycles. The summed E-state index contributed by atoms with van der Waals surface area (Å²) in [5.74, 6) is -2.73. The first kappa shape index (κ1) is 35.0. The molecule has 1 saturated carbocycles. The van der Waals surface area contributed by atoms with Crippen LogP contribution in [-0.2, 0) is 30.3 Å². The minimum atomic E-state index is -2.09. The molecule has 2 fully saturated rings. The van der Waals surface area contributed by atoms with Gasteiger partial charge in [0.2, 0.25) is 5.91 Å². The number of carbonyl (C=O) groups excluding carboxylic acids is 3. The van der Waals surface area contributed by atoms with Crippen LogP contribution in [0, 0.1) is 5.92 Å². The monoisotopic (exact) mass is 688 g/mol. The van der Waals surface area contributed by atoms with E-state index in [-0.39, 0.29) is 30.0 Å². The van der Waals surface area contributed by atoms with E-state index < -0.39 is 58.7 Å². The van der Waals surface area contributed by atoms with Crippen molar-refractivity contribution in [1.82, 2.24) is 10.2 Å². The second-order valence-electron chi connectivity index (χ2n) is 13.3. The van der Waals surface area contributed by atoms with Gasteiger partial charge < -0.3 is 44.1 Å². The van der Waals surface area contributed by atoms with Crippen molar-refractivity contribution in [3.05, 3.63) is 83.4 Å². The number of carbonyl (C=O) groups is 3. The van der Waals surface area contributed by atoms with E-state index in [2.05, 4.69) is 5.32 Å². The van der Waals surface area contributed by atoms with E-state index in [9.17, 15) is 19.8 Å². The van der Waals surface area contributed by atoms with Gasteiger partial charge in [-0.25, -0.2) is 0 Å². The molecule has 3 N–H and O–H groups in total. The van der Waals surface area contributed by atoms with Crippen molar-refractivity contribution in [3.63, 3.8) is 0 Å².